The molecule has 1 fully saturated rings. The average molecular weight is 526 g/mol. The number of rotatable bonds is 11. The number of aliphatic hydroxyl groups excluding tert-OH is 1. The number of nitrogens with two attached hydrogens (primary N) is 1. The third-order valence-electron chi connectivity index (χ3n) is 5.48. The standard InChI is InChI=1S/C21H25F3N8O5/c22-21(23,24)16(3-6-33)30-19(34)14-7-17(31-20(29-14)37-12-35-10-25)32-4-1-13(2-5-32)9-36-15-8-27-11-28-18(15)26/h7-8,11,13,16,33H,1-6,9,12H2,(H,30,34)(H2,26,27,28). The Kier molecular flexibility index (Phi) is 9.44. The van der Waals surface area contributed by atoms with Gasteiger partial charge in [0.1, 0.15) is 23.9 Å². The molecule has 0 aliphatic carbocycles. The van der Waals surface area contributed by atoms with Crippen molar-refractivity contribution in [2.75, 3.05) is 43.7 Å². The van der Waals surface area contributed by atoms with E-state index in [2.05, 4.69) is 24.7 Å². The number of hydrogen-bond acceptors (Lipinski definition) is 12. The number of carbonyl (C=O) groups is 1. The number of nitrogens with one attached hydrogen (secondary N) is 1. The average Bonchev–Trinajstić information content (AvgIpc) is 2.87. The molecule has 0 spiro atoms. The molecule has 1 aliphatic heterocycles. The molecule has 1 aliphatic rings. The highest BCUT2D eigenvalue weighted by molar-refractivity contribution is 5.93. The van der Waals surface area contributed by atoms with Gasteiger partial charge in [-0.2, -0.15) is 28.4 Å². The highest BCUT2D eigenvalue weighted by Crippen LogP contribution is 2.26. The molecule has 200 valence electrons. The number of aromatic nitrogens is 4. The van der Waals surface area contributed by atoms with Crippen LogP contribution in [0.25, 0.3) is 0 Å². The summed E-state index contributed by atoms with van der Waals surface area (Å²) < 4.78 is 54.9. The number of piperidine rings is 1. The van der Waals surface area contributed by atoms with Gasteiger partial charge in [-0.1, -0.05) is 0 Å². The number of aliphatic hydroxyl groups is 1. The fourth-order valence-electron chi connectivity index (χ4n) is 3.52. The van der Waals surface area contributed by atoms with E-state index in [1.54, 1.807) is 0 Å². The lowest BCUT2D eigenvalue weighted by molar-refractivity contribution is -0.156. The Bertz CT molecular complexity index is 1090. The molecule has 1 amide bonds. The Morgan fingerprint density at radius 3 is 2.73 bits per heavy atom. The summed E-state index contributed by atoms with van der Waals surface area (Å²) in [7, 11) is 0. The van der Waals surface area contributed by atoms with Gasteiger partial charge in [0, 0.05) is 25.8 Å². The second-order valence-electron chi connectivity index (χ2n) is 7.99. The molecule has 37 heavy (non-hydrogen) atoms. The first kappa shape index (κ1) is 27.5. The van der Waals surface area contributed by atoms with Crippen molar-refractivity contribution in [3.63, 3.8) is 0 Å². The summed E-state index contributed by atoms with van der Waals surface area (Å²) >= 11 is 0. The number of ether oxygens (including phenoxy) is 3. The van der Waals surface area contributed by atoms with E-state index < -0.39 is 37.9 Å². The molecule has 1 atom stereocenters. The van der Waals surface area contributed by atoms with Crippen molar-refractivity contribution >= 4 is 17.5 Å². The van der Waals surface area contributed by atoms with Crippen LogP contribution >= 0.6 is 0 Å². The van der Waals surface area contributed by atoms with Gasteiger partial charge >= 0.3 is 12.2 Å². The molecule has 0 saturated carbocycles. The second-order valence-corrected chi connectivity index (χ2v) is 7.99. The summed E-state index contributed by atoms with van der Waals surface area (Å²) in [5.74, 6) is -0.0874. The van der Waals surface area contributed by atoms with Crippen LogP contribution < -0.4 is 25.4 Å². The molecule has 3 heterocycles. The highest BCUT2D eigenvalue weighted by atomic mass is 19.4. The number of carbonyl (C=O) groups excluding carboxylic acids is 1. The van der Waals surface area contributed by atoms with E-state index in [0.29, 0.717) is 38.3 Å². The van der Waals surface area contributed by atoms with E-state index in [1.165, 1.54) is 24.8 Å². The predicted octanol–water partition coefficient (Wildman–Crippen LogP) is 1.02. The van der Waals surface area contributed by atoms with Crippen molar-refractivity contribution in [3.05, 3.63) is 24.3 Å². The molecule has 16 heteroatoms. The smallest absolute Gasteiger partial charge is 0.408 e. The minimum absolute atomic E-state index is 0.172. The molecule has 2 aromatic heterocycles. The van der Waals surface area contributed by atoms with E-state index in [-0.39, 0.29) is 29.3 Å². The summed E-state index contributed by atoms with van der Waals surface area (Å²) in [5.41, 5.74) is 5.38. The van der Waals surface area contributed by atoms with Gasteiger partial charge in [0.15, 0.2) is 11.6 Å². The number of alkyl halides is 3. The van der Waals surface area contributed by atoms with Crippen molar-refractivity contribution in [2.45, 2.75) is 31.5 Å². The van der Waals surface area contributed by atoms with Gasteiger partial charge in [0.25, 0.3) is 12.2 Å². The number of amides is 1. The van der Waals surface area contributed by atoms with Crippen molar-refractivity contribution < 1.29 is 37.3 Å². The second kappa shape index (κ2) is 12.7. The van der Waals surface area contributed by atoms with E-state index in [4.69, 9.17) is 25.6 Å². The van der Waals surface area contributed by atoms with Gasteiger partial charge in [-0.15, -0.1) is 0 Å². The molecule has 0 bridgehead atoms. The Hall–Kier alpha value is -4.13. The van der Waals surface area contributed by atoms with Crippen molar-refractivity contribution in [1.29, 1.82) is 5.26 Å². The Balaban J connectivity index is 1.70. The van der Waals surface area contributed by atoms with Gasteiger partial charge in [-0.3, -0.25) is 4.79 Å². The van der Waals surface area contributed by atoms with Crippen LogP contribution in [0.1, 0.15) is 29.8 Å². The van der Waals surface area contributed by atoms with Crippen molar-refractivity contribution in [3.8, 4) is 18.0 Å². The normalized spacial score (nSPS) is 14.9. The maximum absolute atomic E-state index is 13.2. The lowest BCUT2D eigenvalue weighted by Gasteiger charge is -2.32. The van der Waals surface area contributed by atoms with E-state index in [9.17, 15) is 18.0 Å². The first-order valence-corrected chi connectivity index (χ1v) is 11.2. The first-order chi connectivity index (χ1) is 17.7. The van der Waals surface area contributed by atoms with Gasteiger partial charge < -0.3 is 35.3 Å². The summed E-state index contributed by atoms with van der Waals surface area (Å²) in [4.78, 5) is 30.2. The fraction of sp³-hybridized carbons (Fsp3) is 0.524. The number of nitriles is 1. The van der Waals surface area contributed by atoms with Crippen LogP contribution in [0.15, 0.2) is 18.6 Å². The number of nitrogen functional groups attached to an aromatic ring is 1. The predicted molar refractivity (Wildman–Crippen MR) is 120 cm³/mol. The van der Waals surface area contributed by atoms with E-state index in [0.717, 1.165) is 0 Å². The third-order valence-corrected chi connectivity index (χ3v) is 5.48. The molecule has 2 aromatic rings. The van der Waals surface area contributed by atoms with Gasteiger partial charge in [0.05, 0.1) is 12.8 Å². The van der Waals surface area contributed by atoms with Crippen LogP contribution in [-0.4, -0.2) is 76.3 Å². The van der Waals surface area contributed by atoms with Crippen LogP contribution in [0.2, 0.25) is 0 Å². The molecule has 1 unspecified atom stereocenters. The van der Waals surface area contributed by atoms with Gasteiger partial charge in [0.2, 0.25) is 6.79 Å². The largest absolute Gasteiger partial charge is 0.488 e. The summed E-state index contributed by atoms with van der Waals surface area (Å²) in [6, 6.07) is -1.37. The number of halogens is 3. The zero-order valence-corrected chi connectivity index (χ0v) is 19.5. The minimum Gasteiger partial charge on any atom is -0.488 e. The van der Waals surface area contributed by atoms with Crippen molar-refractivity contribution in [1.82, 2.24) is 25.3 Å². The molecule has 0 radical (unpaired) electrons. The van der Waals surface area contributed by atoms with Crippen LogP contribution in [0, 0.1) is 17.4 Å². The molecule has 13 nitrogen and oxygen atoms in total. The zero-order valence-electron chi connectivity index (χ0n) is 19.5. The van der Waals surface area contributed by atoms with Crippen LogP contribution in [0.5, 0.6) is 11.8 Å². The number of hydrogen-bond donors (Lipinski definition) is 3. The quantitative estimate of drug-likeness (QED) is 0.215. The molecule has 0 aromatic carbocycles. The summed E-state index contributed by atoms with van der Waals surface area (Å²) in [6.45, 7) is 0.0457. The lowest BCUT2D eigenvalue weighted by Crippen LogP contribution is -2.46. The SMILES string of the molecule is N#COCOc1nc(C(=O)NC(CCO)C(F)(F)F)cc(N2CCC(COc3cncnc3N)CC2)n1. The lowest BCUT2D eigenvalue weighted by atomic mass is 9.98. The highest BCUT2D eigenvalue weighted by Gasteiger charge is 2.40. The first-order valence-electron chi connectivity index (χ1n) is 11.2. The maximum Gasteiger partial charge on any atom is 0.408 e. The minimum atomic E-state index is -4.77. The molecule has 1 saturated heterocycles. The summed E-state index contributed by atoms with van der Waals surface area (Å²) in [5, 5.41) is 19.3. The zero-order chi connectivity index (χ0) is 26.8. The molecule has 3 rings (SSSR count). The van der Waals surface area contributed by atoms with E-state index >= 15 is 0 Å². The van der Waals surface area contributed by atoms with Gasteiger partial charge in [-0.05, 0) is 25.2 Å². The van der Waals surface area contributed by atoms with Crippen molar-refractivity contribution in [2.24, 2.45) is 5.92 Å². The molecular formula is C21H25F3N8O5. The molecule has 4 N–H and O–H groups in total. The fourth-order valence-corrected chi connectivity index (χ4v) is 3.52. The summed E-state index contributed by atoms with van der Waals surface area (Å²) in [6.07, 6.45) is 0.0626. The maximum atomic E-state index is 13.2. The van der Waals surface area contributed by atoms with Gasteiger partial charge in [-0.25, -0.2) is 9.97 Å². The van der Waals surface area contributed by atoms with E-state index in [1.807, 2.05) is 10.2 Å². The monoisotopic (exact) mass is 526 g/mol. The Morgan fingerprint density at radius 2 is 2.08 bits per heavy atom. The molecular weight excluding hydrogens is 501 g/mol. The van der Waals surface area contributed by atoms with Crippen LogP contribution in [-0.2, 0) is 4.74 Å². The van der Waals surface area contributed by atoms with Crippen LogP contribution in [0.4, 0.5) is 24.8 Å². The Labute approximate surface area is 209 Å². The number of anilines is 2. The van der Waals surface area contributed by atoms with Crippen LogP contribution in [0.3, 0.4) is 0 Å². The number of nitrogens with zero attached hydrogens (tertiary/aromatic N) is 6. The third kappa shape index (κ3) is 7.93. The Morgan fingerprint density at radius 1 is 1.32 bits per heavy atom. The topological polar surface area (TPSA) is 182 Å².